The molecule has 3 aromatic rings. The molecule has 0 bridgehead atoms. The standard InChI is InChI=1S/C22H20F3N3O2S/c1-30-19-4-2-3-16-17(26-15-7-5-14(6-8-15)22(23,24)25)13-18(27-20(16)19)21(29)28-9-11-31-12-10-28/h2-8,13H,9-12H2,1H3,(H,26,27). The largest absolute Gasteiger partial charge is 0.494 e. The van der Waals surface area contributed by atoms with E-state index in [0.29, 0.717) is 41.1 Å². The van der Waals surface area contributed by atoms with E-state index in [0.717, 1.165) is 23.6 Å². The first-order chi connectivity index (χ1) is 14.9. The average Bonchev–Trinajstić information content (AvgIpc) is 2.78. The highest BCUT2D eigenvalue weighted by Crippen LogP contribution is 2.34. The number of halogens is 3. The number of rotatable bonds is 4. The Hall–Kier alpha value is -2.94. The van der Waals surface area contributed by atoms with Crippen LogP contribution in [0.5, 0.6) is 5.75 Å². The van der Waals surface area contributed by atoms with Crippen LogP contribution in [0.2, 0.25) is 0 Å². The van der Waals surface area contributed by atoms with E-state index in [9.17, 15) is 18.0 Å². The zero-order valence-corrected chi connectivity index (χ0v) is 17.5. The number of para-hydroxylation sites is 1. The van der Waals surface area contributed by atoms with Crippen molar-refractivity contribution in [3.05, 3.63) is 59.8 Å². The number of hydrogen-bond acceptors (Lipinski definition) is 5. The third-order valence-corrected chi connectivity index (χ3v) is 5.97. The van der Waals surface area contributed by atoms with Crippen molar-refractivity contribution in [2.45, 2.75) is 6.18 Å². The second-order valence-electron chi connectivity index (χ2n) is 7.02. The number of amides is 1. The summed E-state index contributed by atoms with van der Waals surface area (Å²) in [5, 5.41) is 3.84. The first kappa shape index (κ1) is 21.3. The molecule has 1 fully saturated rings. The topological polar surface area (TPSA) is 54.5 Å². The summed E-state index contributed by atoms with van der Waals surface area (Å²) in [6, 6.07) is 11.8. The number of hydrogen-bond donors (Lipinski definition) is 1. The van der Waals surface area contributed by atoms with Gasteiger partial charge in [0.25, 0.3) is 5.91 Å². The number of benzene rings is 2. The van der Waals surface area contributed by atoms with E-state index >= 15 is 0 Å². The van der Waals surface area contributed by atoms with E-state index in [1.54, 1.807) is 34.9 Å². The average molecular weight is 447 g/mol. The first-order valence-electron chi connectivity index (χ1n) is 9.66. The van der Waals surface area contributed by atoms with E-state index in [4.69, 9.17) is 4.74 Å². The number of carbonyl (C=O) groups is 1. The molecule has 1 aromatic heterocycles. The molecule has 4 rings (SSSR count). The van der Waals surface area contributed by atoms with Crippen LogP contribution in [0.4, 0.5) is 24.5 Å². The van der Waals surface area contributed by atoms with Gasteiger partial charge < -0.3 is 15.0 Å². The van der Waals surface area contributed by atoms with Gasteiger partial charge in [-0.25, -0.2) is 4.98 Å². The summed E-state index contributed by atoms with van der Waals surface area (Å²) in [5.74, 6) is 2.08. The van der Waals surface area contributed by atoms with Crippen LogP contribution in [0.3, 0.4) is 0 Å². The lowest BCUT2D eigenvalue weighted by Crippen LogP contribution is -2.38. The van der Waals surface area contributed by atoms with Crippen LogP contribution in [0.1, 0.15) is 16.1 Å². The number of methoxy groups -OCH3 is 1. The smallest absolute Gasteiger partial charge is 0.416 e. The maximum absolute atomic E-state index is 13.1. The minimum Gasteiger partial charge on any atom is -0.494 e. The summed E-state index contributed by atoms with van der Waals surface area (Å²) in [6.07, 6.45) is -4.40. The van der Waals surface area contributed by atoms with Gasteiger partial charge in [-0.1, -0.05) is 12.1 Å². The van der Waals surface area contributed by atoms with Gasteiger partial charge in [-0.05, 0) is 36.4 Å². The number of nitrogens with zero attached hydrogens (tertiary/aromatic N) is 2. The Balaban J connectivity index is 1.75. The molecule has 2 heterocycles. The molecule has 1 aliphatic rings. The van der Waals surface area contributed by atoms with Crippen molar-refractivity contribution in [3.8, 4) is 5.75 Å². The lowest BCUT2D eigenvalue weighted by Gasteiger charge is -2.26. The summed E-state index contributed by atoms with van der Waals surface area (Å²) in [7, 11) is 1.52. The fraction of sp³-hybridized carbons (Fsp3) is 0.273. The molecule has 5 nitrogen and oxygen atoms in total. The first-order valence-corrected chi connectivity index (χ1v) is 10.8. The number of alkyl halides is 3. The van der Waals surface area contributed by atoms with Gasteiger partial charge >= 0.3 is 6.18 Å². The molecule has 0 atom stereocenters. The molecule has 9 heteroatoms. The molecule has 0 saturated carbocycles. The number of aromatic nitrogens is 1. The Morgan fingerprint density at radius 3 is 2.48 bits per heavy atom. The van der Waals surface area contributed by atoms with Gasteiger partial charge in [0.05, 0.1) is 18.4 Å². The lowest BCUT2D eigenvalue weighted by molar-refractivity contribution is -0.137. The van der Waals surface area contributed by atoms with Crippen LogP contribution in [0, 0.1) is 0 Å². The third kappa shape index (κ3) is 4.56. The highest BCUT2D eigenvalue weighted by Gasteiger charge is 2.30. The Kier molecular flexibility index (Phi) is 5.95. The summed E-state index contributed by atoms with van der Waals surface area (Å²) < 4.78 is 44.0. The molecule has 0 radical (unpaired) electrons. The Morgan fingerprint density at radius 1 is 1.13 bits per heavy atom. The predicted octanol–water partition coefficient (Wildman–Crippen LogP) is 5.19. The number of thioether (sulfide) groups is 1. The van der Waals surface area contributed by atoms with E-state index in [1.807, 2.05) is 6.07 Å². The summed E-state index contributed by atoms with van der Waals surface area (Å²) in [6.45, 7) is 1.30. The Bertz CT molecular complexity index is 1100. The van der Waals surface area contributed by atoms with E-state index in [2.05, 4.69) is 10.3 Å². The van der Waals surface area contributed by atoms with E-state index in [1.165, 1.54) is 19.2 Å². The highest BCUT2D eigenvalue weighted by molar-refractivity contribution is 7.99. The van der Waals surface area contributed by atoms with Crippen LogP contribution in [0.15, 0.2) is 48.5 Å². The second kappa shape index (κ2) is 8.66. The molecule has 1 saturated heterocycles. The number of ether oxygens (including phenoxy) is 1. The molecular formula is C22H20F3N3O2S. The van der Waals surface area contributed by atoms with Crippen LogP contribution >= 0.6 is 11.8 Å². The summed E-state index contributed by atoms with van der Waals surface area (Å²) >= 11 is 1.80. The van der Waals surface area contributed by atoms with Crippen LogP contribution in [0.25, 0.3) is 10.9 Å². The van der Waals surface area contributed by atoms with Gasteiger partial charge in [-0.15, -0.1) is 0 Å². The molecule has 2 aromatic carbocycles. The van der Waals surface area contributed by atoms with Crippen molar-refractivity contribution < 1.29 is 22.7 Å². The number of anilines is 2. The summed E-state index contributed by atoms with van der Waals surface area (Å²) in [4.78, 5) is 19.4. The van der Waals surface area contributed by atoms with E-state index in [-0.39, 0.29) is 11.6 Å². The fourth-order valence-electron chi connectivity index (χ4n) is 3.43. The highest BCUT2D eigenvalue weighted by atomic mass is 32.2. The van der Waals surface area contributed by atoms with Crippen molar-refractivity contribution in [2.75, 3.05) is 37.0 Å². The van der Waals surface area contributed by atoms with Crippen molar-refractivity contribution in [1.82, 2.24) is 9.88 Å². The van der Waals surface area contributed by atoms with Gasteiger partial charge in [0.15, 0.2) is 0 Å². The minimum absolute atomic E-state index is 0.177. The number of pyridine rings is 1. The van der Waals surface area contributed by atoms with Gasteiger partial charge in [-0.3, -0.25) is 4.79 Å². The van der Waals surface area contributed by atoms with Gasteiger partial charge in [0.2, 0.25) is 0 Å². The van der Waals surface area contributed by atoms with Gasteiger partial charge in [0.1, 0.15) is 17.0 Å². The van der Waals surface area contributed by atoms with Crippen LogP contribution in [-0.2, 0) is 6.18 Å². The Labute approximate surface area is 181 Å². The zero-order valence-electron chi connectivity index (χ0n) is 16.7. The molecule has 0 aliphatic carbocycles. The minimum atomic E-state index is -4.40. The van der Waals surface area contributed by atoms with Crippen LogP contribution < -0.4 is 10.1 Å². The molecule has 0 unspecified atom stereocenters. The van der Waals surface area contributed by atoms with Crippen molar-refractivity contribution in [2.24, 2.45) is 0 Å². The number of nitrogens with one attached hydrogen (secondary N) is 1. The fourth-order valence-corrected chi connectivity index (χ4v) is 4.33. The third-order valence-electron chi connectivity index (χ3n) is 5.03. The zero-order chi connectivity index (χ0) is 22.0. The van der Waals surface area contributed by atoms with Gasteiger partial charge in [-0.2, -0.15) is 24.9 Å². The van der Waals surface area contributed by atoms with Crippen LogP contribution in [-0.4, -0.2) is 47.5 Å². The quantitative estimate of drug-likeness (QED) is 0.596. The molecule has 0 spiro atoms. The molecule has 1 aliphatic heterocycles. The Morgan fingerprint density at radius 2 is 1.84 bits per heavy atom. The van der Waals surface area contributed by atoms with Crippen molar-refractivity contribution >= 4 is 39.9 Å². The van der Waals surface area contributed by atoms with E-state index < -0.39 is 11.7 Å². The number of fused-ring (bicyclic) bond motifs is 1. The molecule has 162 valence electrons. The maximum atomic E-state index is 13.1. The number of carbonyl (C=O) groups excluding carboxylic acids is 1. The normalized spacial score (nSPS) is 14.5. The summed E-state index contributed by atoms with van der Waals surface area (Å²) in [5.41, 5.74) is 1.09. The molecule has 1 amide bonds. The molecule has 1 N–H and O–H groups in total. The maximum Gasteiger partial charge on any atom is 0.416 e. The SMILES string of the molecule is COc1cccc2c(Nc3ccc(C(F)(F)F)cc3)cc(C(=O)N3CCSCC3)nc12. The van der Waals surface area contributed by atoms with Gasteiger partial charge in [0, 0.05) is 35.7 Å². The second-order valence-corrected chi connectivity index (χ2v) is 8.24. The molecule has 31 heavy (non-hydrogen) atoms. The lowest BCUT2D eigenvalue weighted by atomic mass is 10.1. The predicted molar refractivity (Wildman–Crippen MR) is 116 cm³/mol. The van der Waals surface area contributed by atoms with Crippen molar-refractivity contribution in [1.29, 1.82) is 0 Å². The molecular weight excluding hydrogens is 427 g/mol. The van der Waals surface area contributed by atoms with Crippen molar-refractivity contribution in [3.63, 3.8) is 0 Å². The monoisotopic (exact) mass is 447 g/mol.